The first kappa shape index (κ1) is 128. The van der Waals surface area contributed by atoms with Gasteiger partial charge in [-0.2, -0.15) is 0 Å². The Morgan fingerprint density at radius 2 is 0.242 bits per heavy atom. The van der Waals surface area contributed by atoms with Crippen LogP contribution in [0.2, 0.25) is 0 Å². The van der Waals surface area contributed by atoms with Gasteiger partial charge in [0, 0.05) is 131 Å². The van der Waals surface area contributed by atoms with Crippen molar-refractivity contribution in [2.75, 3.05) is 209 Å². The van der Waals surface area contributed by atoms with Crippen molar-refractivity contribution >= 4 is 28.5 Å². The second-order valence-electron chi connectivity index (χ2n) is 38.6. The van der Waals surface area contributed by atoms with Crippen LogP contribution < -0.4 is 40.2 Å². The molecule has 0 saturated carbocycles. The first-order valence-corrected chi connectivity index (χ1v) is 53.4. The summed E-state index contributed by atoms with van der Waals surface area (Å²) in [4.78, 5) is 0. The number of rotatable bonds is 48. The molecule has 24 heteroatoms. The Balaban J connectivity index is -0.000000643. The summed E-state index contributed by atoms with van der Waals surface area (Å²) < 4.78 is 11.5. The zero-order valence-corrected chi connectivity index (χ0v) is 85.5. The van der Waals surface area contributed by atoms with Crippen LogP contribution in [0.15, 0.2) is 0 Å². The maximum atomic E-state index is 8.98. The summed E-state index contributed by atoms with van der Waals surface area (Å²) in [7, 11) is -9.24. The number of quaternary nitrogens is 8. The first-order valence-electron chi connectivity index (χ1n) is 53.4. The average Bonchev–Trinajstić information content (AvgIpc) is 1.79. The van der Waals surface area contributed by atoms with E-state index in [1.807, 2.05) is 0 Å². The second kappa shape index (κ2) is 86.0. The van der Waals surface area contributed by atoms with E-state index >= 15 is 0 Å². The average molecular weight is 1750 g/mol. The van der Waals surface area contributed by atoms with Gasteiger partial charge < -0.3 is 76.1 Å². The lowest BCUT2D eigenvalue weighted by atomic mass is 9.97. The molecule has 8 fully saturated rings. The van der Waals surface area contributed by atoms with Crippen LogP contribution in [0.1, 0.15) is 419 Å². The quantitative estimate of drug-likeness (QED) is 0.0312. The highest BCUT2D eigenvalue weighted by Crippen LogP contribution is 2.28. The SMILES string of the molecule is CCCCCC[N+]1(CC)CCCC1.CCCCCC[N+]1(CC)CCCC1.CCCCCC[N+]1(CC)CCCC1.CCCCCC[N+]1(CC)CCCC1.CCCCCC[N+]1(CC)CCCC1.CCCCCC[N+]1(CC)CCCC1.CCCCCC[N+]1(CC)CCCC1.CCCCCC[N+]1(CC)CCCC1.N#CB([O-])[O-].N#CB([O-])[O-].N#CB([O-])[O-].N#CB([O-])[O-]. The predicted octanol–water partition coefficient (Wildman–Crippen LogP) is 14.6. The van der Waals surface area contributed by atoms with E-state index < -0.39 is 28.5 Å². The molecular formula is C100H208B4N12O8. The third-order valence-electron chi connectivity index (χ3n) is 29.8. The van der Waals surface area contributed by atoms with Crippen LogP contribution in [0.5, 0.6) is 0 Å². The zero-order valence-electron chi connectivity index (χ0n) is 85.5. The smallest absolute Gasteiger partial charge is 0.0788 e. The molecule has 728 valence electrons. The number of nitrogens with zero attached hydrogens (tertiary/aromatic N) is 12. The Bertz CT molecular complexity index is 1970. The van der Waals surface area contributed by atoms with Gasteiger partial charge in [-0.15, -0.1) is 0 Å². The van der Waals surface area contributed by atoms with Gasteiger partial charge in [0.1, 0.15) is 0 Å². The van der Waals surface area contributed by atoms with E-state index in [9.17, 15) is 0 Å². The van der Waals surface area contributed by atoms with Crippen LogP contribution in [0, 0.1) is 44.9 Å². The predicted molar refractivity (Wildman–Crippen MR) is 516 cm³/mol. The van der Waals surface area contributed by atoms with Gasteiger partial charge in [0.2, 0.25) is 0 Å². The van der Waals surface area contributed by atoms with Gasteiger partial charge >= 0.3 is 0 Å². The molecule has 8 rings (SSSR count). The summed E-state index contributed by atoms with van der Waals surface area (Å²) in [5.74, 6) is 3.67. The summed E-state index contributed by atoms with van der Waals surface area (Å²) in [6.07, 6.45) is 69.3. The molecule has 0 unspecified atom stereocenters. The molecule has 0 amide bonds. The van der Waals surface area contributed by atoms with Crippen LogP contribution >= 0.6 is 0 Å². The monoisotopic (exact) mass is 1750 g/mol. The minimum absolute atomic E-state index is 0.917. The third-order valence-corrected chi connectivity index (χ3v) is 29.8. The van der Waals surface area contributed by atoms with Gasteiger partial charge in [0.25, 0.3) is 0 Å². The summed E-state index contributed by atoms with van der Waals surface area (Å²) >= 11 is 0. The van der Waals surface area contributed by atoms with E-state index in [1.165, 1.54) is 553 Å². The highest BCUT2D eigenvalue weighted by molar-refractivity contribution is 6.47. The van der Waals surface area contributed by atoms with E-state index in [1.54, 1.807) is 0 Å². The fourth-order valence-electron chi connectivity index (χ4n) is 20.6. The van der Waals surface area contributed by atoms with E-state index in [0.29, 0.717) is 0 Å². The lowest BCUT2D eigenvalue weighted by Gasteiger charge is -2.33. The van der Waals surface area contributed by atoms with Crippen molar-refractivity contribution in [2.45, 2.75) is 419 Å². The zero-order chi connectivity index (χ0) is 93.7. The molecule has 0 aromatic heterocycles. The first-order chi connectivity index (χ1) is 59.7. The fourth-order valence-corrected chi connectivity index (χ4v) is 20.6. The molecule has 0 radical (unpaired) electrons. The highest BCUT2D eigenvalue weighted by Gasteiger charge is 2.35. The summed E-state index contributed by atoms with van der Waals surface area (Å²) in [6.45, 7) is 83.2. The molecule has 0 bridgehead atoms. The summed E-state index contributed by atoms with van der Waals surface area (Å²) in [6, 6.07) is 0. The molecule has 8 saturated heterocycles. The maximum Gasteiger partial charge on any atom is 0.0788 e. The minimum Gasteiger partial charge on any atom is -0.881 e. The van der Waals surface area contributed by atoms with E-state index in [0.717, 1.165) is 23.9 Å². The second-order valence-corrected chi connectivity index (χ2v) is 38.6. The van der Waals surface area contributed by atoms with Crippen LogP contribution in [-0.4, -0.2) is 274 Å². The van der Waals surface area contributed by atoms with Crippen molar-refractivity contribution in [3.05, 3.63) is 0 Å². The van der Waals surface area contributed by atoms with Crippen molar-refractivity contribution < 1.29 is 76.1 Å². The molecule has 0 spiro atoms. The van der Waals surface area contributed by atoms with Gasteiger partial charge in [-0.1, -0.05) is 158 Å². The number of unbranched alkanes of at least 4 members (excludes halogenated alkanes) is 24. The Hall–Kier alpha value is -2.42. The summed E-state index contributed by atoms with van der Waals surface area (Å²) in [5.41, 5.74) is 0. The topological polar surface area (TPSA) is 280 Å². The molecule has 0 aliphatic carbocycles. The van der Waals surface area contributed by atoms with Crippen LogP contribution in [0.4, 0.5) is 0 Å². The molecule has 0 N–H and O–H groups in total. The van der Waals surface area contributed by atoms with Gasteiger partial charge in [-0.25, -0.2) is 21.0 Å². The van der Waals surface area contributed by atoms with Crippen LogP contribution in [0.25, 0.3) is 0 Å². The normalized spacial score (nSPS) is 18.4. The van der Waals surface area contributed by atoms with Crippen molar-refractivity contribution in [1.29, 1.82) is 21.0 Å². The largest absolute Gasteiger partial charge is 0.881 e. The van der Waals surface area contributed by atoms with Crippen LogP contribution in [0.3, 0.4) is 0 Å². The van der Waals surface area contributed by atoms with Gasteiger partial charge in [-0.3, -0.25) is 0 Å². The standard InChI is InChI=1S/8C12H26N.4CBNO2/c8*1-3-5-6-7-10-13(4-2)11-8-9-12-13;4*3-1-2(4)5/h8*3-12H2,1-2H3;;;;/q8*+1;4*-2. The van der Waals surface area contributed by atoms with Crippen molar-refractivity contribution in [1.82, 2.24) is 0 Å². The number of likely N-dealkylation sites (tertiary alicyclic amines) is 8. The van der Waals surface area contributed by atoms with E-state index in [-0.39, 0.29) is 0 Å². The Morgan fingerprint density at radius 1 is 0.161 bits per heavy atom. The Kier molecular flexibility index (Phi) is 88.7. The van der Waals surface area contributed by atoms with Crippen molar-refractivity contribution in [3.8, 4) is 23.9 Å². The lowest BCUT2D eigenvalue weighted by molar-refractivity contribution is -0.915. The van der Waals surface area contributed by atoms with Gasteiger partial charge in [0.05, 0.1) is 209 Å². The van der Waals surface area contributed by atoms with Crippen molar-refractivity contribution in [2.24, 2.45) is 0 Å². The maximum absolute atomic E-state index is 8.98. The van der Waals surface area contributed by atoms with Gasteiger partial charge in [-0.05, 0) is 182 Å². The molecule has 124 heavy (non-hydrogen) atoms. The molecule has 8 aliphatic heterocycles. The lowest BCUT2D eigenvalue weighted by Crippen LogP contribution is -2.45. The summed E-state index contributed by atoms with van der Waals surface area (Å²) in [5, 5.41) is 101. The molecule has 8 heterocycles. The number of nitriles is 4. The Morgan fingerprint density at radius 3 is 0.298 bits per heavy atom. The minimum atomic E-state index is -2.31. The molecule has 0 atom stereocenters. The Labute approximate surface area is 773 Å². The van der Waals surface area contributed by atoms with E-state index in [4.69, 9.17) is 61.2 Å². The fraction of sp³-hybridized carbons (Fsp3) is 0.960. The van der Waals surface area contributed by atoms with Crippen LogP contribution in [-0.2, 0) is 0 Å². The molecule has 20 nitrogen and oxygen atoms in total. The third kappa shape index (κ3) is 67.7. The molecular weight excluding hydrogens is 1540 g/mol. The number of hydrogen-bond acceptors (Lipinski definition) is 12. The number of hydrogen-bond donors (Lipinski definition) is 0. The molecule has 0 aromatic carbocycles. The molecule has 8 aliphatic rings. The van der Waals surface area contributed by atoms with E-state index in [2.05, 4.69) is 111 Å². The highest BCUT2D eigenvalue weighted by atomic mass is 16.4. The van der Waals surface area contributed by atoms with Gasteiger partial charge in [0.15, 0.2) is 0 Å². The molecule has 0 aromatic rings. The van der Waals surface area contributed by atoms with Crippen molar-refractivity contribution in [3.63, 3.8) is 0 Å².